The van der Waals surface area contributed by atoms with Crippen molar-refractivity contribution in [3.63, 3.8) is 0 Å². The molecule has 104 valence electrons. The molecule has 1 fully saturated rings. The first-order chi connectivity index (χ1) is 9.04. The summed E-state index contributed by atoms with van der Waals surface area (Å²) in [6, 6.07) is 3.20. The van der Waals surface area contributed by atoms with E-state index in [2.05, 4.69) is 15.9 Å². The zero-order valence-electron chi connectivity index (χ0n) is 10.2. The average molecular weight is 332 g/mol. The van der Waals surface area contributed by atoms with Crippen LogP contribution < -0.4 is 10.6 Å². The Morgan fingerprint density at radius 1 is 1.63 bits per heavy atom. The van der Waals surface area contributed by atoms with Crippen LogP contribution in [0.25, 0.3) is 0 Å². The predicted octanol–water partition coefficient (Wildman–Crippen LogP) is 1.07. The van der Waals surface area contributed by atoms with E-state index in [0.717, 1.165) is 0 Å². The van der Waals surface area contributed by atoms with E-state index in [1.807, 2.05) is 4.90 Å². The van der Waals surface area contributed by atoms with Crippen molar-refractivity contribution in [2.24, 2.45) is 5.73 Å². The van der Waals surface area contributed by atoms with Crippen molar-refractivity contribution in [1.29, 1.82) is 5.41 Å². The number of halogens is 2. The number of hydrogen-bond acceptors (Lipinski definition) is 4. The van der Waals surface area contributed by atoms with E-state index in [4.69, 9.17) is 21.0 Å². The lowest BCUT2D eigenvalue weighted by Crippen LogP contribution is -2.44. The molecule has 2 rings (SSSR count). The van der Waals surface area contributed by atoms with Crippen molar-refractivity contribution >= 4 is 27.5 Å². The molecule has 1 aliphatic rings. The van der Waals surface area contributed by atoms with Gasteiger partial charge in [0.1, 0.15) is 5.84 Å². The number of nitrogens with two attached hydrogens (primary N) is 1. The van der Waals surface area contributed by atoms with Crippen LogP contribution in [0.5, 0.6) is 0 Å². The highest BCUT2D eigenvalue weighted by molar-refractivity contribution is 9.10. The molecule has 1 aromatic carbocycles. The molecule has 0 bridgehead atoms. The lowest BCUT2D eigenvalue weighted by molar-refractivity contribution is 0.00340. The van der Waals surface area contributed by atoms with Crippen LogP contribution in [0, 0.1) is 11.2 Å². The molecule has 0 spiro atoms. The first kappa shape index (κ1) is 14.2. The lowest BCUT2D eigenvalue weighted by atomic mass is 10.1. The molecule has 0 radical (unpaired) electrons. The SMILES string of the molecule is N=C(N)c1ccc(N2CCOC(CO)C2)c(F)c1Br. The Balaban J connectivity index is 2.30. The lowest BCUT2D eigenvalue weighted by Gasteiger charge is -2.34. The smallest absolute Gasteiger partial charge is 0.161 e. The van der Waals surface area contributed by atoms with Gasteiger partial charge in [-0.2, -0.15) is 0 Å². The summed E-state index contributed by atoms with van der Waals surface area (Å²) in [4.78, 5) is 1.81. The van der Waals surface area contributed by atoms with E-state index in [-0.39, 0.29) is 23.0 Å². The maximum absolute atomic E-state index is 14.3. The maximum Gasteiger partial charge on any atom is 0.161 e. The van der Waals surface area contributed by atoms with Crippen LogP contribution in [0.15, 0.2) is 16.6 Å². The minimum Gasteiger partial charge on any atom is -0.394 e. The quantitative estimate of drug-likeness (QED) is 0.571. The summed E-state index contributed by atoms with van der Waals surface area (Å²) in [5.74, 6) is -0.640. The average Bonchev–Trinajstić information content (AvgIpc) is 2.41. The van der Waals surface area contributed by atoms with Crippen molar-refractivity contribution in [3.8, 4) is 0 Å². The molecule has 1 aromatic rings. The Hall–Kier alpha value is -1.18. The van der Waals surface area contributed by atoms with Gasteiger partial charge in [0.2, 0.25) is 0 Å². The molecule has 0 saturated carbocycles. The summed E-state index contributed by atoms with van der Waals surface area (Å²) in [5, 5.41) is 16.5. The Bertz CT molecular complexity index is 498. The number of aliphatic hydroxyl groups is 1. The molecular weight excluding hydrogens is 317 g/mol. The van der Waals surface area contributed by atoms with Crippen LogP contribution in [0.4, 0.5) is 10.1 Å². The normalized spacial score (nSPS) is 19.5. The number of ether oxygens (including phenoxy) is 1. The molecule has 7 heteroatoms. The maximum atomic E-state index is 14.3. The monoisotopic (exact) mass is 331 g/mol. The Kier molecular flexibility index (Phi) is 4.38. The molecular formula is C12H15BrFN3O2. The van der Waals surface area contributed by atoms with E-state index < -0.39 is 5.82 Å². The Morgan fingerprint density at radius 3 is 3.00 bits per heavy atom. The second-order valence-corrected chi connectivity index (χ2v) is 5.09. The minimum atomic E-state index is -0.453. The van der Waals surface area contributed by atoms with Crippen molar-refractivity contribution in [1.82, 2.24) is 0 Å². The summed E-state index contributed by atoms with van der Waals surface area (Å²) in [7, 11) is 0. The van der Waals surface area contributed by atoms with Crippen LogP contribution in [0.3, 0.4) is 0 Å². The van der Waals surface area contributed by atoms with E-state index >= 15 is 0 Å². The third-order valence-electron chi connectivity index (χ3n) is 3.04. The third-order valence-corrected chi connectivity index (χ3v) is 3.81. The van der Waals surface area contributed by atoms with Gasteiger partial charge in [0, 0.05) is 18.7 Å². The number of amidine groups is 1. The fourth-order valence-electron chi connectivity index (χ4n) is 2.04. The van der Waals surface area contributed by atoms with E-state index in [1.54, 1.807) is 12.1 Å². The number of hydrogen-bond donors (Lipinski definition) is 3. The van der Waals surface area contributed by atoms with Gasteiger partial charge in [-0.05, 0) is 28.1 Å². The van der Waals surface area contributed by atoms with Crippen LogP contribution in [0.1, 0.15) is 5.56 Å². The van der Waals surface area contributed by atoms with Crippen molar-refractivity contribution in [2.45, 2.75) is 6.10 Å². The van der Waals surface area contributed by atoms with Crippen molar-refractivity contribution < 1.29 is 14.2 Å². The molecule has 4 N–H and O–H groups in total. The van der Waals surface area contributed by atoms with E-state index in [0.29, 0.717) is 30.9 Å². The van der Waals surface area contributed by atoms with Crippen molar-refractivity contribution in [2.75, 3.05) is 31.2 Å². The standard InChI is InChI=1S/C12H15BrFN3O2/c13-10-8(12(15)16)1-2-9(11(10)14)17-3-4-19-7(5-17)6-18/h1-2,7,18H,3-6H2,(H3,15,16). The molecule has 1 aliphatic heterocycles. The molecule has 0 aliphatic carbocycles. The van der Waals surface area contributed by atoms with Gasteiger partial charge in [-0.1, -0.05) is 0 Å². The Morgan fingerprint density at radius 2 is 2.37 bits per heavy atom. The predicted molar refractivity (Wildman–Crippen MR) is 74.2 cm³/mol. The second kappa shape index (κ2) is 5.85. The molecule has 0 aromatic heterocycles. The number of morpholine rings is 1. The number of aliphatic hydroxyl groups excluding tert-OH is 1. The fraction of sp³-hybridized carbons (Fsp3) is 0.417. The molecule has 1 saturated heterocycles. The molecule has 5 nitrogen and oxygen atoms in total. The summed E-state index contributed by atoms with van der Waals surface area (Å²) < 4.78 is 19.8. The molecule has 1 unspecified atom stereocenters. The van der Waals surface area contributed by atoms with Gasteiger partial charge < -0.3 is 20.5 Å². The number of nitrogens with zero attached hydrogens (tertiary/aromatic N) is 1. The molecule has 1 atom stereocenters. The summed E-state index contributed by atoms with van der Waals surface area (Å²) in [6.45, 7) is 1.33. The van der Waals surface area contributed by atoms with Crippen LogP contribution in [-0.4, -0.2) is 43.3 Å². The number of rotatable bonds is 3. The number of benzene rings is 1. The molecule has 1 heterocycles. The van der Waals surface area contributed by atoms with Gasteiger partial charge in [0.25, 0.3) is 0 Å². The fourth-order valence-corrected chi connectivity index (χ4v) is 2.59. The number of nitrogen functional groups attached to an aromatic ring is 1. The van der Waals surface area contributed by atoms with Gasteiger partial charge in [-0.3, -0.25) is 5.41 Å². The van der Waals surface area contributed by atoms with Crippen LogP contribution in [-0.2, 0) is 4.74 Å². The van der Waals surface area contributed by atoms with Crippen molar-refractivity contribution in [3.05, 3.63) is 28.0 Å². The highest BCUT2D eigenvalue weighted by Crippen LogP contribution is 2.30. The van der Waals surface area contributed by atoms with Crippen LogP contribution >= 0.6 is 15.9 Å². The highest BCUT2D eigenvalue weighted by atomic mass is 79.9. The summed E-state index contributed by atoms with van der Waals surface area (Å²) in [6.07, 6.45) is -0.306. The van der Waals surface area contributed by atoms with Gasteiger partial charge in [0.05, 0.1) is 29.5 Å². The van der Waals surface area contributed by atoms with Gasteiger partial charge in [-0.15, -0.1) is 0 Å². The highest BCUT2D eigenvalue weighted by Gasteiger charge is 2.24. The second-order valence-electron chi connectivity index (χ2n) is 4.30. The van der Waals surface area contributed by atoms with Gasteiger partial charge >= 0.3 is 0 Å². The minimum absolute atomic E-state index is 0.0924. The number of nitrogens with one attached hydrogen (secondary N) is 1. The zero-order valence-corrected chi connectivity index (χ0v) is 11.8. The van der Waals surface area contributed by atoms with E-state index in [1.165, 1.54) is 0 Å². The van der Waals surface area contributed by atoms with Gasteiger partial charge in [0.15, 0.2) is 5.82 Å². The number of anilines is 1. The molecule has 19 heavy (non-hydrogen) atoms. The first-order valence-corrected chi connectivity index (χ1v) is 6.63. The van der Waals surface area contributed by atoms with E-state index in [9.17, 15) is 4.39 Å². The third kappa shape index (κ3) is 2.88. The van der Waals surface area contributed by atoms with Crippen LogP contribution in [0.2, 0.25) is 0 Å². The first-order valence-electron chi connectivity index (χ1n) is 5.84. The zero-order chi connectivity index (χ0) is 14.0. The molecule has 0 amide bonds. The largest absolute Gasteiger partial charge is 0.394 e. The van der Waals surface area contributed by atoms with Gasteiger partial charge in [-0.25, -0.2) is 4.39 Å². The summed E-state index contributed by atoms with van der Waals surface area (Å²) >= 11 is 3.13. The Labute approximate surface area is 118 Å². The summed E-state index contributed by atoms with van der Waals surface area (Å²) in [5.41, 5.74) is 6.12. The topological polar surface area (TPSA) is 82.6 Å².